The van der Waals surface area contributed by atoms with Crippen molar-refractivity contribution in [2.24, 2.45) is 5.73 Å². The molecule has 0 spiro atoms. The smallest absolute Gasteiger partial charge is 0.289 e. The minimum absolute atomic E-state index is 0.0600. The zero-order valence-corrected chi connectivity index (χ0v) is 10.7. The number of nitro benzene ring substituents is 1. The standard InChI is InChI=1S/C10H13N3O5S/c11-7-5-12(6-9(7)14)19(17,18)10-4-2-1-3-8(10)13(15)16/h1-4,7,9,14H,5-6,11H2. The maximum absolute atomic E-state index is 12.3. The van der Waals surface area contributed by atoms with Gasteiger partial charge in [0.1, 0.15) is 0 Å². The highest BCUT2D eigenvalue weighted by molar-refractivity contribution is 7.89. The average molecular weight is 287 g/mol. The van der Waals surface area contributed by atoms with Gasteiger partial charge in [-0.25, -0.2) is 8.42 Å². The Morgan fingerprint density at radius 1 is 1.37 bits per heavy atom. The fourth-order valence-electron chi connectivity index (χ4n) is 1.94. The molecule has 2 unspecified atom stereocenters. The van der Waals surface area contributed by atoms with E-state index in [4.69, 9.17) is 5.73 Å². The third-order valence-corrected chi connectivity index (χ3v) is 4.86. The summed E-state index contributed by atoms with van der Waals surface area (Å²) < 4.78 is 25.6. The lowest BCUT2D eigenvalue weighted by Crippen LogP contribution is -2.33. The Bertz CT molecular complexity index is 593. The summed E-state index contributed by atoms with van der Waals surface area (Å²) >= 11 is 0. The van der Waals surface area contributed by atoms with Gasteiger partial charge in [0.25, 0.3) is 5.69 Å². The van der Waals surface area contributed by atoms with Gasteiger partial charge in [-0.1, -0.05) is 12.1 Å². The molecule has 1 aliphatic rings. The summed E-state index contributed by atoms with van der Waals surface area (Å²) in [5.74, 6) is 0. The Morgan fingerprint density at radius 2 is 2.00 bits per heavy atom. The van der Waals surface area contributed by atoms with Crippen molar-refractivity contribution in [2.75, 3.05) is 13.1 Å². The largest absolute Gasteiger partial charge is 0.390 e. The molecule has 2 atom stereocenters. The topological polar surface area (TPSA) is 127 Å². The Morgan fingerprint density at radius 3 is 2.53 bits per heavy atom. The molecule has 1 aromatic carbocycles. The van der Waals surface area contributed by atoms with Crippen molar-refractivity contribution in [3.8, 4) is 0 Å². The Balaban J connectivity index is 2.44. The second-order valence-electron chi connectivity index (χ2n) is 4.28. The summed E-state index contributed by atoms with van der Waals surface area (Å²) in [6.45, 7) is -0.217. The number of nitrogens with zero attached hydrogens (tertiary/aromatic N) is 2. The number of nitrogens with two attached hydrogens (primary N) is 1. The highest BCUT2D eigenvalue weighted by atomic mass is 32.2. The van der Waals surface area contributed by atoms with Gasteiger partial charge in [-0.2, -0.15) is 4.31 Å². The quantitative estimate of drug-likeness (QED) is 0.558. The average Bonchev–Trinajstić information content (AvgIpc) is 2.70. The maximum atomic E-state index is 12.3. The van der Waals surface area contributed by atoms with Gasteiger partial charge in [-0.05, 0) is 6.07 Å². The Hall–Kier alpha value is -1.55. The van der Waals surface area contributed by atoms with E-state index >= 15 is 0 Å². The highest BCUT2D eigenvalue weighted by Gasteiger charge is 2.39. The summed E-state index contributed by atoms with van der Waals surface area (Å²) in [6, 6.07) is 4.41. The molecule has 0 bridgehead atoms. The fraction of sp³-hybridized carbons (Fsp3) is 0.400. The predicted octanol–water partition coefficient (Wildman–Crippen LogP) is -0.713. The number of aliphatic hydroxyl groups is 1. The molecule has 1 aliphatic heterocycles. The predicted molar refractivity (Wildman–Crippen MR) is 65.8 cm³/mol. The molecule has 1 saturated heterocycles. The molecule has 104 valence electrons. The molecular weight excluding hydrogens is 274 g/mol. The van der Waals surface area contributed by atoms with E-state index in [0.717, 1.165) is 10.4 Å². The molecule has 1 fully saturated rings. The molecule has 0 aliphatic carbocycles. The number of hydrogen-bond acceptors (Lipinski definition) is 6. The van der Waals surface area contributed by atoms with Crippen molar-refractivity contribution in [2.45, 2.75) is 17.0 Å². The lowest BCUT2D eigenvalue weighted by atomic mass is 10.2. The van der Waals surface area contributed by atoms with E-state index in [-0.39, 0.29) is 18.0 Å². The molecule has 19 heavy (non-hydrogen) atoms. The van der Waals surface area contributed by atoms with Crippen LogP contribution in [0.2, 0.25) is 0 Å². The number of para-hydroxylation sites is 1. The minimum atomic E-state index is -4.03. The summed E-state index contributed by atoms with van der Waals surface area (Å²) in [5, 5.41) is 20.4. The summed E-state index contributed by atoms with van der Waals surface area (Å²) in [7, 11) is -4.03. The van der Waals surface area contributed by atoms with E-state index in [1.165, 1.54) is 18.2 Å². The van der Waals surface area contributed by atoms with E-state index < -0.39 is 32.8 Å². The first-order chi connectivity index (χ1) is 8.84. The molecule has 1 heterocycles. The van der Waals surface area contributed by atoms with Gasteiger partial charge >= 0.3 is 0 Å². The second-order valence-corrected chi connectivity index (χ2v) is 6.18. The zero-order chi connectivity index (χ0) is 14.2. The number of aliphatic hydroxyl groups excluding tert-OH is 1. The van der Waals surface area contributed by atoms with Crippen LogP contribution in [0.4, 0.5) is 5.69 Å². The zero-order valence-electron chi connectivity index (χ0n) is 9.84. The summed E-state index contributed by atoms with van der Waals surface area (Å²) in [4.78, 5) is 9.72. The normalized spacial score (nSPS) is 24.5. The van der Waals surface area contributed by atoms with Gasteiger partial charge in [0.05, 0.1) is 11.0 Å². The monoisotopic (exact) mass is 287 g/mol. The van der Waals surface area contributed by atoms with Crippen LogP contribution in [0.1, 0.15) is 0 Å². The third kappa shape index (κ3) is 2.45. The Labute approximate surface area is 109 Å². The Kier molecular flexibility index (Phi) is 3.54. The van der Waals surface area contributed by atoms with Crippen molar-refractivity contribution in [3.63, 3.8) is 0 Å². The van der Waals surface area contributed by atoms with Gasteiger partial charge in [0.15, 0.2) is 4.90 Å². The molecule has 9 heteroatoms. The highest BCUT2D eigenvalue weighted by Crippen LogP contribution is 2.28. The van der Waals surface area contributed by atoms with Crippen LogP contribution in [0, 0.1) is 10.1 Å². The minimum Gasteiger partial charge on any atom is -0.390 e. The number of nitro groups is 1. The lowest BCUT2D eigenvalue weighted by Gasteiger charge is -2.15. The van der Waals surface area contributed by atoms with Crippen molar-refractivity contribution in [1.82, 2.24) is 4.31 Å². The molecule has 3 N–H and O–H groups in total. The molecule has 0 radical (unpaired) electrons. The van der Waals surface area contributed by atoms with Crippen LogP contribution < -0.4 is 5.73 Å². The molecule has 0 aromatic heterocycles. The number of hydrogen-bond donors (Lipinski definition) is 2. The van der Waals surface area contributed by atoms with E-state index in [9.17, 15) is 23.6 Å². The first-order valence-electron chi connectivity index (χ1n) is 5.51. The van der Waals surface area contributed by atoms with Gasteiger partial charge < -0.3 is 10.8 Å². The van der Waals surface area contributed by atoms with Gasteiger partial charge in [0, 0.05) is 25.2 Å². The number of β-amino-alcohol motifs (C(OH)–C–C–N with tert-alkyl or cyclic N) is 1. The molecule has 0 amide bonds. The van der Waals surface area contributed by atoms with Crippen LogP contribution in [-0.4, -0.2) is 48.0 Å². The summed E-state index contributed by atoms with van der Waals surface area (Å²) in [5.41, 5.74) is 5.06. The van der Waals surface area contributed by atoms with Crippen molar-refractivity contribution < 1.29 is 18.4 Å². The van der Waals surface area contributed by atoms with Crippen molar-refractivity contribution >= 4 is 15.7 Å². The van der Waals surface area contributed by atoms with Crippen molar-refractivity contribution in [1.29, 1.82) is 0 Å². The SMILES string of the molecule is NC1CN(S(=O)(=O)c2ccccc2[N+](=O)[O-])CC1O. The summed E-state index contributed by atoms with van der Waals surface area (Å²) in [6.07, 6.45) is -0.961. The van der Waals surface area contributed by atoms with E-state index in [1.807, 2.05) is 0 Å². The van der Waals surface area contributed by atoms with Crippen LogP contribution in [0.15, 0.2) is 29.2 Å². The van der Waals surface area contributed by atoms with Crippen LogP contribution in [0.3, 0.4) is 0 Å². The molecular formula is C10H13N3O5S. The molecule has 1 aromatic rings. The van der Waals surface area contributed by atoms with Crippen LogP contribution in [-0.2, 0) is 10.0 Å². The fourth-order valence-corrected chi connectivity index (χ4v) is 3.59. The number of sulfonamides is 1. The number of benzene rings is 1. The van der Waals surface area contributed by atoms with E-state index in [1.54, 1.807) is 0 Å². The number of rotatable bonds is 3. The molecule has 8 nitrogen and oxygen atoms in total. The van der Waals surface area contributed by atoms with Gasteiger partial charge in [0.2, 0.25) is 10.0 Å². The van der Waals surface area contributed by atoms with Gasteiger partial charge in [-0.15, -0.1) is 0 Å². The van der Waals surface area contributed by atoms with Crippen LogP contribution in [0.5, 0.6) is 0 Å². The van der Waals surface area contributed by atoms with Gasteiger partial charge in [-0.3, -0.25) is 10.1 Å². The van der Waals surface area contributed by atoms with E-state index in [2.05, 4.69) is 0 Å². The first-order valence-corrected chi connectivity index (χ1v) is 6.95. The van der Waals surface area contributed by atoms with Crippen LogP contribution >= 0.6 is 0 Å². The third-order valence-electron chi connectivity index (χ3n) is 2.98. The first kappa shape index (κ1) is 13.9. The lowest BCUT2D eigenvalue weighted by molar-refractivity contribution is -0.387. The molecule has 0 saturated carbocycles. The molecule has 2 rings (SSSR count). The van der Waals surface area contributed by atoms with E-state index in [0.29, 0.717) is 0 Å². The second kappa shape index (κ2) is 4.85. The van der Waals surface area contributed by atoms with Crippen LogP contribution in [0.25, 0.3) is 0 Å². The van der Waals surface area contributed by atoms with Crippen molar-refractivity contribution in [3.05, 3.63) is 34.4 Å². The maximum Gasteiger partial charge on any atom is 0.289 e.